The molecule has 3 N–H and O–H groups in total. The SMILES string of the molecule is COCCCNC(=O)c1c(SC)sc2c(O)cc(=O)[nH]c12. The summed E-state index contributed by atoms with van der Waals surface area (Å²) >= 11 is 2.70. The molecule has 2 aromatic heterocycles. The summed E-state index contributed by atoms with van der Waals surface area (Å²) < 4.78 is 6.20. The van der Waals surface area contributed by atoms with Gasteiger partial charge in [-0.05, 0) is 12.7 Å². The lowest BCUT2D eigenvalue weighted by atomic mass is 10.2. The van der Waals surface area contributed by atoms with Crippen molar-refractivity contribution in [1.29, 1.82) is 0 Å². The van der Waals surface area contributed by atoms with E-state index in [4.69, 9.17) is 4.74 Å². The molecule has 1 amide bonds. The van der Waals surface area contributed by atoms with Gasteiger partial charge in [0.05, 0.1) is 20.0 Å². The summed E-state index contributed by atoms with van der Waals surface area (Å²) in [6.07, 6.45) is 2.56. The molecule has 0 radical (unpaired) electrons. The topological polar surface area (TPSA) is 91.4 Å². The van der Waals surface area contributed by atoms with E-state index in [1.807, 2.05) is 6.26 Å². The summed E-state index contributed by atoms with van der Waals surface area (Å²) in [4.78, 5) is 26.5. The molecule has 0 bridgehead atoms. The molecule has 0 atom stereocenters. The number of H-pyrrole nitrogens is 1. The molecule has 8 heteroatoms. The molecule has 0 aliphatic rings. The second-order valence-corrected chi connectivity index (χ2v) is 6.39. The van der Waals surface area contributed by atoms with E-state index in [2.05, 4.69) is 10.3 Å². The number of hydrogen-bond acceptors (Lipinski definition) is 6. The van der Waals surface area contributed by atoms with Gasteiger partial charge in [0.1, 0.15) is 5.75 Å². The average molecular weight is 328 g/mol. The van der Waals surface area contributed by atoms with Gasteiger partial charge in [-0.3, -0.25) is 9.59 Å². The van der Waals surface area contributed by atoms with Crippen LogP contribution in [0.25, 0.3) is 10.2 Å². The quantitative estimate of drug-likeness (QED) is 0.555. The number of carbonyl (C=O) groups excluding carboxylic acids is 1. The van der Waals surface area contributed by atoms with Crippen LogP contribution in [0.1, 0.15) is 16.8 Å². The third-order valence-corrected chi connectivity index (χ3v) is 5.18. The normalized spacial score (nSPS) is 11.0. The zero-order valence-corrected chi connectivity index (χ0v) is 13.3. The van der Waals surface area contributed by atoms with E-state index in [1.54, 1.807) is 7.11 Å². The number of pyridine rings is 1. The lowest BCUT2D eigenvalue weighted by Crippen LogP contribution is -2.25. The van der Waals surface area contributed by atoms with Gasteiger partial charge in [-0.25, -0.2) is 0 Å². The van der Waals surface area contributed by atoms with Gasteiger partial charge < -0.3 is 20.1 Å². The summed E-state index contributed by atoms with van der Waals surface area (Å²) in [5, 5.41) is 12.6. The van der Waals surface area contributed by atoms with Crippen LogP contribution in [0.5, 0.6) is 5.75 Å². The first-order chi connectivity index (χ1) is 10.1. The van der Waals surface area contributed by atoms with Gasteiger partial charge in [0.25, 0.3) is 11.5 Å². The zero-order chi connectivity index (χ0) is 15.4. The van der Waals surface area contributed by atoms with Crippen molar-refractivity contribution in [3.63, 3.8) is 0 Å². The van der Waals surface area contributed by atoms with Gasteiger partial charge in [-0.1, -0.05) is 0 Å². The van der Waals surface area contributed by atoms with Crippen LogP contribution >= 0.6 is 23.1 Å². The summed E-state index contributed by atoms with van der Waals surface area (Å²) in [7, 11) is 1.60. The molecule has 2 aromatic rings. The average Bonchev–Trinajstić information content (AvgIpc) is 2.82. The highest BCUT2D eigenvalue weighted by Gasteiger charge is 2.21. The lowest BCUT2D eigenvalue weighted by Gasteiger charge is -2.05. The second-order valence-electron chi connectivity index (χ2n) is 4.29. The summed E-state index contributed by atoms with van der Waals surface area (Å²) in [6.45, 7) is 1.05. The molecular weight excluding hydrogens is 312 g/mol. The fourth-order valence-electron chi connectivity index (χ4n) is 1.92. The first-order valence-corrected chi connectivity index (χ1v) is 8.32. The summed E-state index contributed by atoms with van der Waals surface area (Å²) in [6, 6.07) is 1.11. The maximum absolute atomic E-state index is 12.3. The monoisotopic (exact) mass is 328 g/mol. The van der Waals surface area contributed by atoms with Crippen LogP contribution < -0.4 is 10.9 Å². The van der Waals surface area contributed by atoms with Gasteiger partial charge in [0.15, 0.2) is 0 Å². The predicted octanol–water partition coefficient (Wildman–Crippen LogP) is 1.78. The smallest absolute Gasteiger partial charge is 0.255 e. The van der Waals surface area contributed by atoms with E-state index in [1.165, 1.54) is 23.1 Å². The number of nitrogens with one attached hydrogen (secondary N) is 2. The molecule has 6 nitrogen and oxygen atoms in total. The van der Waals surface area contributed by atoms with E-state index in [9.17, 15) is 14.7 Å². The number of thioether (sulfide) groups is 1. The minimum atomic E-state index is -0.432. The Morgan fingerprint density at radius 2 is 2.33 bits per heavy atom. The molecule has 2 rings (SSSR count). The Balaban J connectivity index is 2.37. The first kappa shape index (κ1) is 15.9. The number of ether oxygens (including phenoxy) is 1. The number of aromatic hydroxyl groups is 1. The molecule has 2 heterocycles. The van der Waals surface area contributed by atoms with Gasteiger partial charge in [0, 0.05) is 26.3 Å². The molecular formula is C13H16N2O4S2. The van der Waals surface area contributed by atoms with Crippen LogP contribution in [0.4, 0.5) is 0 Å². The molecule has 0 saturated carbocycles. The van der Waals surface area contributed by atoms with Crippen LogP contribution in [-0.4, -0.2) is 42.5 Å². The van der Waals surface area contributed by atoms with Crippen molar-refractivity contribution in [1.82, 2.24) is 10.3 Å². The Morgan fingerprint density at radius 3 is 3.00 bits per heavy atom. The van der Waals surface area contributed by atoms with Crippen LogP contribution in [0.3, 0.4) is 0 Å². The first-order valence-electron chi connectivity index (χ1n) is 6.28. The zero-order valence-electron chi connectivity index (χ0n) is 11.7. The molecule has 114 valence electrons. The highest BCUT2D eigenvalue weighted by Crippen LogP contribution is 2.39. The highest BCUT2D eigenvalue weighted by molar-refractivity contribution is 8.00. The van der Waals surface area contributed by atoms with Crippen LogP contribution in [-0.2, 0) is 4.74 Å². The molecule has 0 aliphatic carbocycles. The Kier molecular flexibility index (Phi) is 5.27. The number of rotatable bonds is 6. The van der Waals surface area contributed by atoms with Crippen molar-refractivity contribution in [3.8, 4) is 5.75 Å². The van der Waals surface area contributed by atoms with Crippen molar-refractivity contribution >= 4 is 39.2 Å². The maximum atomic E-state index is 12.3. The number of carbonyl (C=O) groups is 1. The fraction of sp³-hybridized carbons (Fsp3) is 0.385. The van der Waals surface area contributed by atoms with E-state index in [-0.39, 0.29) is 11.7 Å². The van der Waals surface area contributed by atoms with E-state index >= 15 is 0 Å². The van der Waals surface area contributed by atoms with Crippen molar-refractivity contribution in [3.05, 3.63) is 22.0 Å². The predicted molar refractivity (Wildman–Crippen MR) is 84.7 cm³/mol. The van der Waals surface area contributed by atoms with Gasteiger partial charge in [0.2, 0.25) is 0 Å². The highest BCUT2D eigenvalue weighted by atomic mass is 32.2. The molecule has 0 unspecified atom stereocenters. The van der Waals surface area contributed by atoms with Crippen molar-refractivity contribution in [2.75, 3.05) is 26.5 Å². The van der Waals surface area contributed by atoms with Gasteiger partial charge in [-0.15, -0.1) is 23.1 Å². The molecule has 21 heavy (non-hydrogen) atoms. The van der Waals surface area contributed by atoms with E-state index in [0.717, 1.165) is 10.3 Å². The van der Waals surface area contributed by atoms with Crippen LogP contribution in [0.2, 0.25) is 0 Å². The summed E-state index contributed by atoms with van der Waals surface area (Å²) in [5.74, 6) is -0.365. The largest absolute Gasteiger partial charge is 0.506 e. The number of thiophene rings is 1. The third-order valence-electron chi connectivity index (χ3n) is 2.85. The lowest BCUT2D eigenvalue weighted by molar-refractivity contribution is 0.0948. The second kappa shape index (κ2) is 6.97. The van der Waals surface area contributed by atoms with Gasteiger partial charge >= 0.3 is 0 Å². The van der Waals surface area contributed by atoms with Crippen molar-refractivity contribution in [2.24, 2.45) is 0 Å². The Labute approximate surface area is 129 Å². The number of aromatic amines is 1. The number of amides is 1. The number of aromatic nitrogens is 1. The van der Waals surface area contributed by atoms with Crippen LogP contribution in [0.15, 0.2) is 15.1 Å². The van der Waals surface area contributed by atoms with E-state index in [0.29, 0.717) is 35.4 Å². The maximum Gasteiger partial charge on any atom is 0.255 e. The third kappa shape index (κ3) is 3.39. The Hall–Kier alpha value is -1.51. The fourth-order valence-corrected chi connectivity index (χ4v) is 3.80. The minimum Gasteiger partial charge on any atom is -0.506 e. The number of methoxy groups -OCH3 is 1. The molecule has 0 saturated heterocycles. The Morgan fingerprint density at radius 1 is 1.57 bits per heavy atom. The molecule has 0 aromatic carbocycles. The standard InChI is InChI=1S/C13H16N2O4S2/c1-19-5-3-4-14-12(18)9-10-11(21-13(9)20-2)7(16)6-8(17)15-10/h6H,3-5H2,1-2H3,(H,14,18)(H2,15,16,17). The number of hydrogen-bond donors (Lipinski definition) is 3. The molecule has 0 fully saturated rings. The molecule has 0 aliphatic heterocycles. The molecule has 0 spiro atoms. The number of fused-ring (bicyclic) bond motifs is 1. The minimum absolute atomic E-state index is 0.104. The summed E-state index contributed by atoms with van der Waals surface area (Å²) in [5.41, 5.74) is 0.366. The van der Waals surface area contributed by atoms with Crippen LogP contribution in [0, 0.1) is 0 Å². The van der Waals surface area contributed by atoms with Crippen molar-refractivity contribution < 1.29 is 14.6 Å². The van der Waals surface area contributed by atoms with Crippen molar-refractivity contribution in [2.45, 2.75) is 10.6 Å². The Bertz CT molecular complexity index is 708. The van der Waals surface area contributed by atoms with E-state index < -0.39 is 5.56 Å². The van der Waals surface area contributed by atoms with Gasteiger partial charge in [-0.2, -0.15) is 0 Å².